The Kier molecular flexibility index (Phi) is 5.99. The fourth-order valence-electron chi connectivity index (χ4n) is 4.70. The topological polar surface area (TPSA) is 79.5 Å². The summed E-state index contributed by atoms with van der Waals surface area (Å²) in [5.74, 6) is -3.46. The molecule has 174 valence electrons. The Morgan fingerprint density at radius 2 is 1.85 bits per heavy atom. The number of alkyl halides is 2. The normalized spacial score (nSPS) is 17.1. The molecule has 1 fully saturated rings. The highest BCUT2D eigenvalue weighted by Crippen LogP contribution is 2.42. The lowest BCUT2D eigenvalue weighted by Crippen LogP contribution is -2.25. The van der Waals surface area contributed by atoms with E-state index < -0.39 is 11.9 Å². The van der Waals surface area contributed by atoms with Gasteiger partial charge in [0.25, 0.3) is 0 Å². The lowest BCUT2D eigenvalue weighted by atomic mass is 9.83. The number of anilines is 1. The maximum absolute atomic E-state index is 13.7. The maximum atomic E-state index is 13.7. The number of carboxylic acids is 1. The van der Waals surface area contributed by atoms with Crippen LogP contribution in [0, 0.1) is 13.8 Å². The van der Waals surface area contributed by atoms with E-state index in [4.69, 9.17) is 4.42 Å². The number of rotatable bonds is 5. The molecule has 0 radical (unpaired) electrons. The number of hydrogen-bond acceptors (Lipinski definition) is 4. The molecule has 1 aliphatic carbocycles. The fraction of sp³-hybridized carbons (Fsp3) is 0.385. The predicted octanol–water partition coefficient (Wildman–Crippen LogP) is 6.57. The smallest absolute Gasteiger partial charge is 0.337 e. The highest BCUT2D eigenvalue weighted by molar-refractivity contribution is 5.94. The van der Waals surface area contributed by atoms with Crippen LogP contribution in [0.1, 0.15) is 77.4 Å². The van der Waals surface area contributed by atoms with Crippen LogP contribution in [-0.4, -0.2) is 17.0 Å². The average Bonchev–Trinajstić information content (AvgIpc) is 2.76. The van der Waals surface area contributed by atoms with E-state index >= 15 is 0 Å². The van der Waals surface area contributed by atoms with Crippen LogP contribution in [0.5, 0.6) is 0 Å². The summed E-state index contributed by atoms with van der Waals surface area (Å²) >= 11 is 0. The van der Waals surface area contributed by atoms with Gasteiger partial charge in [-0.1, -0.05) is 18.2 Å². The van der Waals surface area contributed by atoms with Crippen LogP contribution in [0.4, 0.5) is 14.5 Å². The van der Waals surface area contributed by atoms with Crippen LogP contribution in [0.2, 0.25) is 0 Å². The first-order chi connectivity index (χ1) is 15.6. The first-order valence-corrected chi connectivity index (χ1v) is 11.1. The molecule has 0 unspecified atom stereocenters. The van der Waals surface area contributed by atoms with Crippen molar-refractivity contribution in [2.45, 2.75) is 64.3 Å². The SMILES string of the molecule is Cc1cc([C@@H](C)Nc2ccccc2C(=O)O)c2oc(C3CCC(F)(F)CC3)c(C)c(=O)c2c1. The van der Waals surface area contributed by atoms with Gasteiger partial charge in [-0.25, -0.2) is 13.6 Å². The van der Waals surface area contributed by atoms with E-state index in [1.165, 1.54) is 6.07 Å². The van der Waals surface area contributed by atoms with Gasteiger partial charge in [0.05, 0.1) is 17.0 Å². The Bertz CT molecular complexity index is 1270. The van der Waals surface area contributed by atoms with Gasteiger partial charge in [0.1, 0.15) is 11.3 Å². The average molecular weight is 456 g/mol. The summed E-state index contributed by atoms with van der Waals surface area (Å²) in [6, 6.07) is 9.91. The highest BCUT2D eigenvalue weighted by Gasteiger charge is 2.37. The zero-order valence-electron chi connectivity index (χ0n) is 18.9. The molecule has 0 amide bonds. The predicted molar refractivity (Wildman–Crippen MR) is 124 cm³/mol. The number of para-hydroxylation sites is 1. The number of fused-ring (bicyclic) bond motifs is 1. The maximum Gasteiger partial charge on any atom is 0.337 e. The molecule has 1 saturated carbocycles. The second-order valence-corrected chi connectivity index (χ2v) is 9.00. The molecule has 7 heteroatoms. The summed E-state index contributed by atoms with van der Waals surface area (Å²) in [6.45, 7) is 5.44. The highest BCUT2D eigenvalue weighted by atomic mass is 19.3. The molecule has 1 aliphatic rings. The molecule has 0 bridgehead atoms. The molecule has 5 nitrogen and oxygen atoms in total. The van der Waals surface area contributed by atoms with Crippen LogP contribution < -0.4 is 10.7 Å². The largest absolute Gasteiger partial charge is 0.478 e. The Morgan fingerprint density at radius 1 is 1.18 bits per heavy atom. The third-order valence-corrected chi connectivity index (χ3v) is 6.51. The zero-order valence-corrected chi connectivity index (χ0v) is 18.9. The number of hydrogen-bond donors (Lipinski definition) is 2. The third kappa shape index (κ3) is 4.49. The monoisotopic (exact) mass is 455 g/mol. The molecular formula is C26H27F2NO4. The molecule has 0 aliphatic heterocycles. The summed E-state index contributed by atoms with van der Waals surface area (Å²) < 4.78 is 33.7. The van der Waals surface area contributed by atoms with E-state index in [2.05, 4.69) is 5.32 Å². The van der Waals surface area contributed by atoms with E-state index in [-0.39, 0.29) is 48.6 Å². The summed E-state index contributed by atoms with van der Waals surface area (Å²) in [7, 11) is 0. The van der Waals surface area contributed by atoms with Gasteiger partial charge in [0.15, 0.2) is 5.43 Å². The molecule has 0 saturated heterocycles. The first kappa shape index (κ1) is 23.0. The minimum Gasteiger partial charge on any atom is -0.478 e. The number of aryl methyl sites for hydroxylation is 1. The van der Waals surface area contributed by atoms with Gasteiger partial charge in [0.2, 0.25) is 5.92 Å². The molecule has 1 aromatic heterocycles. The molecule has 2 N–H and O–H groups in total. The molecule has 0 spiro atoms. The van der Waals surface area contributed by atoms with Gasteiger partial charge in [-0.3, -0.25) is 4.79 Å². The summed E-state index contributed by atoms with van der Waals surface area (Å²) in [6.07, 6.45) is 0.0968. The van der Waals surface area contributed by atoms with E-state index in [9.17, 15) is 23.5 Å². The lowest BCUT2D eigenvalue weighted by molar-refractivity contribution is -0.0395. The van der Waals surface area contributed by atoms with Crippen molar-refractivity contribution in [2.24, 2.45) is 0 Å². The second kappa shape index (κ2) is 8.61. The van der Waals surface area contributed by atoms with Crippen molar-refractivity contribution in [3.05, 3.63) is 74.6 Å². The second-order valence-electron chi connectivity index (χ2n) is 9.00. The van der Waals surface area contributed by atoms with Gasteiger partial charge >= 0.3 is 5.97 Å². The van der Waals surface area contributed by atoms with Crippen LogP contribution in [-0.2, 0) is 0 Å². The van der Waals surface area contributed by atoms with Crippen molar-refractivity contribution < 1.29 is 23.1 Å². The van der Waals surface area contributed by atoms with Crippen LogP contribution in [0.25, 0.3) is 11.0 Å². The molecular weight excluding hydrogens is 428 g/mol. The Labute approximate surface area is 190 Å². The van der Waals surface area contributed by atoms with E-state index in [1.807, 2.05) is 19.9 Å². The van der Waals surface area contributed by atoms with Gasteiger partial charge in [0, 0.05) is 35.6 Å². The molecule has 1 atom stereocenters. The Hall–Kier alpha value is -3.22. The summed E-state index contributed by atoms with van der Waals surface area (Å²) in [4.78, 5) is 24.8. The van der Waals surface area contributed by atoms with Crippen LogP contribution >= 0.6 is 0 Å². The van der Waals surface area contributed by atoms with Gasteiger partial charge < -0.3 is 14.8 Å². The Balaban J connectivity index is 1.80. The number of halogens is 2. The number of benzene rings is 2. The van der Waals surface area contributed by atoms with Gasteiger partial charge in [-0.15, -0.1) is 0 Å². The summed E-state index contributed by atoms with van der Waals surface area (Å²) in [5, 5.41) is 13.2. The number of carboxylic acid groups (broad SMARTS) is 1. The van der Waals surface area contributed by atoms with Crippen LogP contribution in [0.3, 0.4) is 0 Å². The standard InChI is InChI=1S/C26H27F2NO4/c1-14-12-19(16(3)29-21-7-5-4-6-18(21)25(31)32)24-20(13-14)22(30)15(2)23(33-24)17-8-10-26(27,28)11-9-17/h4-7,12-13,16-17,29H,8-11H2,1-3H3,(H,31,32)/t16-/m1/s1. The first-order valence-electron chi connectivity index (χ1n) is 11.1. The molecule has 4 rings (SSSR count). The number of nitrogens with one attached hydrogen (secondary N) is 1. The van der Waals surface area contributed by atoms with Crippen molar-refractivity contribution in [3.8, 4) is 0 Å². The minimum absolute atomic E-state index is 0.141. The van der Waals surface area contributed by atoms with E-state index in [0.29, 0.717) is 33.5 Å². The zero-order chi connectivity index (χ0) is 23.9. The third-order valence-electron chi connectivity index (χ3n) is 6.51. The number of aromatic carboxylic acids is 1. The minimum atomic E-state index is -2.67. The fourth-order valence-corrected chi connectivity index (χ4v) is 4.70. The van der Waals surface area contributed by atoms with Crippen molar-refractivity contribution >= 4 is 22.6 Å². The van der Waals surface area contributed by atoms with Crippen molar-refractivity contribution in [3.63, 3.8) is 0 Å². The molecule has 2 aromatic carbocycles. The van der Waals surface area contributed by atoms with Crippen molar-refractivity contribution in [1.29, 1.82) is 0 Å². The summed E-state index contributed by atoms with van der Waals surface area (Å²) in [5.41, 5.74) is 2.90. The molecule has 1 heterocycles. The van der Waals surface area contributed by atoms with Crippen LogP contribution in [0.15, 0.2) is 45.6 Å². The van der Waals surface area contributed by atoms with E-state index in [1.54, 1.807) is 31.2 Å². The Morgan fingerprint density at radius 3 is 2.52 bits per heavy atom. The van der Waals surface area contributed by atoms with E-state index in [0.717, 1.165) is 5.56 Å². The lowest BCUT2D eigenvalue weighted by Gasteiger charge is -2.28. The molecule has 3 aromatic rings. The van der Waals surface area contributed by atoms with Gasteiger partial charge in [-0.05, 0) is 57.4 Å². The quantitative estimate of drug-likeness (QED) is 0.455. The number of carbonyl (C=O) groups is 1. The van der Waals surface area contributed by atoms with Crippen molar-refractivity contribution in [1.82, 2.24) is 0 Å². The van der Waals surface area contributed by atoms with Gasteiger partial charge in [-0.2, -0.15) is 0 Å². The van der Waals surface area contributed by atoms with Crippen molar-refractivity contribution in [2.75, 3.05) is 5.32 Å². The molecule has 33 heavy (non-hydrogen) atoms.